The summed E-state index contributed by atoms with van der Waals surface area (Å²) in [5.41, 5.74) is 0. The molecule has 0 fully saturated rings. The molecule has 0 spiro atoms. The number of nitrogens with one attached hydrogen (secondary N) is 1. The SMILES string of the molecule is CC(C)[C@@H](NC(=O)C1CC=CC1)C(=O)O. The highest BCUT2D eigenvalue weighted by Crippen LogP contribution is 2.18. The van der Waals surface area contributed by atoms with Crippen molar-refractivity contribution in [2.75, 3.05) is 0 Å². The van der Waals surface area contributed by atoms with Crippen molar-refractivity contribution in [3.8, 4) is 0 Å². The van der Waals surface area contributed by atoms with Crippen LogP contribution in [0.25, 0.3) is 0 Å². The molecule has 15 heavy (non-hydrogen) atoms. The van der Waals surface area contributed by atoms with Gasteiger partial charge in [0.15, 0.2) is 0 Å². The van der Waals surface area contributed by atoms with Crippen LogP contribution in [0.4, 0.5) is 0 Å². The molecule has 1 aliphatic rings. The third-order valence-corrected chi connectivity index (χ3v) is 2.61. The van der Waals surface area contributed by atoms with E-state index in [4.69, 9.17) is 5.11 Å². The molecule has 0 aromatic heterocycles. The third kappa shape index (κ3) is 3.08. The Morgan fingerprint density at radius 2 is 1.87 bits per heavy atom. The van der Waals surface area contributed by atoms with E-state index in [1.807, 2.05) is 12.2 Å². The molecule has 1 atom stereocenters. The van der Waals surface area contributed by atoms with Gasteiger partial charge in [-0.15, -0.1) is 0 Å². The average Bonchev–Trinajstić information content (AvgIpc) is 2.65. The summed E-state index contributed by atoms with van der Waals surface area (Å²) >= 11 is 0. The minimum atomic E-state index is -0.968. The Balaban J connectivity index is 2.51. The molecule has 0 heterocycles. The molecule has 1 aliphatic carbocycles. The van der Waals surface area contributed by atoms with E-state index in [0.29, 0.717) is 0 Å². The molecular weight excluding hydrogens is 194 g/mol. The molecule has 84 valence electrons. The second-order valence-corrected chi connectivity index (χ2v) is 4.21. The van der Waals surface area contributed by atoms with Gasteiger partial charge in [0.1, 0.15) is 6.04 Å². The van der Waals surface area contributed by atoms with E-state index >= 15 is 0 Å². The van der Waals surface area contributed by atoms with Crippen LogP contribution in [0.2, 0.25) is 0 Å². The first-order chi connectivity index (χ1) is 7.02. The van der Waals surface area contributed by atoms with Gasteiger partial charge in [-0.1, -0.05) is 26.0 Å². The first kappa shape index (κ1) is 11.8. The van der Waals surface area contributed by atoms with Crippen LogP contribution in [-0.4, -0.2) is 23.0 Å². The van der Waals surface area contributed by atoms with E-state index in [1.54, 1.807) is 13.8 Å². The molecule has 0 saturated carbocycles. The van der Waals surface area contributed by atoms with Gasteiger partial charge in [0.25, 0.3) is 0 Å². The second-order valence-electron chi connectivity index (χ2n) is 4.21. The monoisotopic (exact) mass is 211 g/mol. The van der Waals surface area contributed by atoms with Gasteiger partial charge in [-0.3, -0.25) is 4.79 Å². The van der Waals surface area contributed by atoms with Crippen molar-refractivity contribution in [1.82, 2.24) is 5.32 Å². The fourth-order valence-corrected chi connectivity index (χ4v) is 1.62. The van der Waals surface area contributed by atoms with Crippen molar-refractivity contribution in [1.29, 1.82) is 0 Å². The summed E-state index contributed by atoms with van der Waals surface area (Å²) in [6.07, 6.45) is 5.34. The van der Waals surface area contributed by atoms with Crippen LogP contribution in [0.3, 0.4) is 0 Å². The molecular formula is C11H17NO3. The normalized spacial score (nSPS) is 18.1. The summed E-state index contributed by atoms with van der Waals surface area (Å²) in [7, 11) is 0. The zero-order valence-corrected chi connectivity index (χ0v) is 9.06. The van der Waals surface area contributed by atoms with Crippen molar-refractivity contribution in [3.63, 3.8) is 0 Å². The first-order valence-corrected chi connectivity index (χ1v) is 5.20. The highest BCUT2D eigenvalue weighted by atomic mass is 16.4. The number of aliphatic carboxylic acids is 1. The van der Waals surface area contributed by atoms with Crippen LogP contribution >= 0.6 is 0 Å². The topological polar surface area (TPSA) is 66.4 Å². The van der Waals surface area contributed by atoms with Crippen LogP contribution < -0.4 is 5.32 Å². The molecule has 0 bridgehead atoms. The van der Waals surface area contributed by atoms with Crippen molar-refractivity contribution in [2.24, 2.45) is 11.8 Å². The number of carboxylic acids is 1. The summed E-state index contributed by atoms with van der Waals surface area (Å²) < 4.78 is 0. The van der Waals surface area contributed by atoms with E-state index in [0.717, 1.165) is 12.8 Å². The van der Waals surface area contributed by atoms with E-state index in [2.05, 4.69) is 5.32 Å². The standard InChI is InChI=1S/C11H17NO3/c1-7(2)9(11(14)15)12-10(13)8-5-3-4-6-8/h3-4,7-9H,5-6H2,1-2H3,(H,12,13)(H,14,15)/t9-/m1/s1. The third-order valence-electron chi connectivity index (χ3n) is 2.61. The van der Waals surface area contributed by atoms with E-state index in [9.17, 15) is 9.59 Å². The molecule has 0 unspecified atom stereocenters. The van der Waals surface area contributed by atoms with Gasteiger partial charge in [-0.2, -0.15) is 0 Å². The van der Waals surface area contributed by atoms with Crippen molar-refractivity contribution >= 4 is 11.9 Å². The van der Waals surface area contributed by atoms with Gasteiger partial charge < -0.3 is 10.4 Å². The van der Waals surface area contributed by atoms with E-state index in [1.165, 1.54) is 0 Å². The lowest BCUT2D eigenvalue weighted by Gasteiger charge is -2.20. The van der Waals surface area contributed by atoms with Gasteiger partial charge in [-0.25, -0.2) is 4.79 Å². The van der Waals surface area contributed by atoms with Gasteiger partial charge in [0.05, 0.1) is 0 Å². The Morgan fingerprint density at radius 3 is 2.27 bits per heavy atom. The predicted molar refractivity (Wildman–Crippen MR) is 56.3 cm³/mol. The molecule has 0 radical (unpaired) electrons. The lowest BCUT2D eigenvalue weighted by atomic mass is 10.0. The minimum Gasteiger partial charge on any atom is -0.480 e. The Morgan fingerprint density at radius 1 is 1.33 bits per heavy atom. The maximum absolute atomic E-state index is 11.7. The smallest absolute Gasteiger partial charge is 0.326 e. The lowest BCUT2D eigenvalue weighted by molar-refractivity contribution is -0.143. The van der Waals surface area contributed by atoms with Crippen LogP contribution in [0.1, 0.15) is 26.7 Å². The molecule has 0 saturated heterocycles. The van der Waals surface area contributed by atoms with Crippen molar-refractivity contribution in [2.45, 2.75) is 32.7 Å². The fourth-order valence-electron chi connectivity index (χ4n) is 1.62. The molecule has 0 aromatic rings. The number of hydrogen-bond acceptors (Lipinski definition) is 2. The highest BCUT2D eigenvalue weighted by Gasteiger charge is 2.27. The largest absolute Gasteiger partial charge is 0.480 e. The van der Waals surface area contributed by atoms with Crippen LogP contribution in [0.15, 0.2) is 12.2 Å². The van der Waals surface area contributed by atoms with Crippen LogP contribution in [0, 0.1) is 11.8 Å². The Bertz CT molecular complexity index is 276. The zero-order chi connectivity index (χ0) is 11.4. The van der Waals surface area contributed by atoms with E-state index in [-0.39, 0.29) is 17.7 Å². The number of allylic oxidation sites excluding steroid dienone is 2. The average molecular weight is 211 g/mol. The minimum absolute atomic E-state index is 0.0781. The summed E-state index contributed by atoms with van der Waals surface area (Å²) in [5, 5.41) is 11.5. The van der Waals surface area contributed by atoms with Gasteiger partial charge >= 0.3 is 5.97 Å². The number of hydrogen-bond donors (Lipinski definition) is 2. The molecule has 4 nitrogen and oxygen atoms in total. The number of carbonyl (C=O) groups excluding carboxylic acids is 1. The highest BCUT2D eigenvalue weighted by molar-refractivity contribution is 5.85. The summed E-state index contributed by atoms with van der Waals surface area (Å²) in [6, 6.07) is -0.780. The maximum Gasteiger partial charge on any atom is 0.326 e. The number of carbonyl (C=O) groups is 2. The summed E-state index contributed by atoms with van der Waals surface area (Å²) in [6.45, 7) is 3.57. The summed E-state index contributed by atoms with van der Waals surface area (Å²) in [5.74, 6) is -1.29. The number of rotatable bonds is 4. The Labute approximate surface area is 89.4 Å². The molecule has 0 aromatic carbocycles. The van der Waals surface area contributed by atoms with Gasteiger partial charge in [0, 0.05) is 5.92 Å². The zero-order valence-electron chi connectivity index (χ0n) is 9.06. The van der Waals surface area contributed by atoms with E-state index < -0.39 is 12.0 Å². The fraction of sp³-hybridized carbons (Fsp3) is 0.636. The summed E-state index contributed by atoms with van der Waals surface area (Å²) in [4.78, 5) is 22.5. The van der Waals surface area contributed by atoms with Crippen LogP contribution in [-0.2, 0) is 9.59 Å². The number of amides is 1. The van der Waals surface area contributed by atoms with Gasteiger partial charge in [0.2, 0.25) is 5.91 Å². The Hall–Kier alpha value is -1.32. The number of carboxylic acid groups (broad SMARTS) is 1. The first-order valence-electron chi connectivity index (χ1n) is 5.20. The molecule has 4 heteroatoms. The molecule has 0 aliphatic heterocycles. The molecule has 1 rings (SSSR count). The maximum atomic E-state index is 11.7. The van der Waals surface area contributed by atoms with Crippen molar-refractivity contribution < 1.29 is 14.7 Å². The quantitative estimate of drug-likeness (QED) is 0.686. The Kier molecular flexibility index (Phi) is 3.88. The van der Waals surface area contributed by atoms with Crippen LogP contribution in [0.5, 0.6) is 0 Å². The predicted octanol–water partition coefficient (Wildman–Crippen LogP) is 1.18. The molecule has 1 amide bonds. The molecule has 2 N–H and O–H groups in total. The van der Waals surface area contributed by atoms with Crippen molar-refractivity contribution in [3.05, 3.63) is 12.2 Å². The van der Waals surface area contributed by atoms with Gasteiger partial charge in [-0.05, 0) is 18.8 Å². The second kappa shape index (κ2) is 4.96. The lowest BCUT2D eigenvalue weighted by Crippen LogP contribution is -2.46.